The van der Waals surface area contributed by atoms with Gasteiger partial charge < -0.3 is 9.63 Å². The van der Waals surface area contributed by atoms with E-state index in [1.165, 1.54) is 0 Å². The van der Waals surface area contributed by atoms with Crippen LogP contribution in [-0.4, -0.2) is 16.9 Å². The fourth-order valence-electron chi connectivity index (χ4n) is 1.38. The van der Waals surface area contributed by atoms with Gasteiger partial charge >= 0.3 is 0 Å². The summed E-state index contributed by atoms with van der Waals surface area (Å²) >= 11 is 11.8. The third kappa shape index (κ3) is 2.55. The van der Waals surface area contributed by atoms with Gasteiger partial charge in [-0.1, -0.05) is 28.4 Å². The molecule has 2 aromatic rings. The van der Waals surface area contributed by atoms with Gasteiger partial charge in [-0.15, -0.1) is 0 Å². The highest BCUT2D eigenvalue weighted by Crippen LogP contribution is 2.26. The Hall–Kier alpha value is -1.03. The Balaban J connectivity index is 2.34. The molecular formula is C11H9Cl2NO2. The normalized spacial score (nSPS) is 10.7. The molecule has 0 fully saturated rings. The van der Waals surface area contributed by atoms with Crippen LogP contribution in [0.25, 0.3) is 11.3 Å². The highest BCUT2D eigenvalue weighted by molar-refractivity contribution is 6.35. The van der Waals surface area contributed by atoms with Gasteiger partial charge in [0.1, 0.15) is 11.5 Å². The molecule has 3 nitrogen and oxygen atoms in total. The first-order valence-corrected chi connectivity index (χ1v) is 5.47. The van der Waals surface area contributed by atoms with E-state index in [2.05, 4.69) is 5.16 Å². The monoisotopic (exact) mass is 257 g/mol. The standard InChI is InChI=1S/C11H9Cl2NO2/c12-8-3-7(4-9(13)5-8)11-6-10(1-2-15)16-14-11/h3-6,15H,1-2H2. The fourth-order valence-corrected chi connectivity index (χ4v) is 1.90. The Bertz CT molecular complexity index is 476. The minimum atomic E-state index is 0.0327. The molecule has 0 bridgehead atoms. The molecule has 1 aromatic carbocycles. The Kier molecular flexibility index (Phi) is 3.49. The topological polar surface area (TPSA) is 46.3 Å². The van der Waals surface area contributed by atoms with Crippen molar-refractivity contribution in [3.05, 3.63) is 40.1 Å². The van der Waals surface area contributed by atoms with E-state index in [1.807, 2.05) is 0 Å². The second-order valence-corrected chi connectivity index (χ2v) is 4.18. The van der Waals surface area contributed by atoms with Gasteiger partial charge in [0.05, 0.1) is 6.61 Å². The fraction of sp³-hybridized carbons (Fsp3) is 0.182. The zero-order valence-electron chi connectivity index (χ0n) is 8.28. The number of halogens is 2. The molecule has 0 atom stereocenters. The summed E-state index contributed by atoms with van der Waals surface area (Å²) in [6.07, 6.45) is 0.446. The lowest BCUT2D eigenvalue weighted by Crippen LogP contribution is -1.86. The van der Waals surface area contributed by atoms with Crippen LogP contribution >= 0.6 is 23.2 Å². The Morgan fingerprint density at radius 3 is 2.44 bits per heavy atom. The molecular weight excluding hydrogens is 249 g/mol. The van der Waals surface area contributed by atoms with Gasteiger partial charge in [0.2, 0.25) is 0 Å². The second kappa shape index (κ2) is 4.87. The number of hydrogen-bond acceptors (Lipinski definition) is 3. The quantitative estimate of drug-likeness (QED) is 0.919. The Labute approximate surface area is 103 Å². The molecule has 1 aromatic heterocycles. The first kappa shape index (κ1) is 11.5. The van der Waals surface area contributed by atoms with Crippen LogP contribution in [-0.2, 0) is 6.42 Å². The lowest BCUT2D eigenvalue weighted by molar-refractivity contribution is 0.277. The molecule has 84 valence electrons. The van der Waals surface area contributed by atoms with Gasteiger partial charge in [0.25, 0.3) is 0 Å². The summed E-state index contributed by atoms with van der Waals surface area (Å²) in [5.74, 6) is 0.633. The van der Waals surface area contributed by atoms with Crippen LogP contribution in [0.3, 0.4) is 0 Å². The Morgan fingerprint density at radius 1 is 1.12 bits per heavy atom. The van der Waals surface area contributed by atoms with Gasteiger partial charge in [-0.3, -0.25) is 0 Å². The maximum absolute atomic E-state index is 8.76. The number of aliphatic hydroxyl groups excluding tert-OH is 1. The van der Waals surface area contributed by atoms with E-state index in [-0.39, 0.29) is 6.61 Å². The van der Waals surface area contributed by atoms with Crippen molar-refractivity contribution in [2.45, 2.75) is 6.42 Å². The average molecular weight is 258 g/mol. The van der Waals surface area contributed by atoms with Crippen LogP contribution in [0.15, 0.2) is 28.8 Å². The highest BCUT2D eigenvalue weighted by atomic mass is 35.5. The molecule has 0 amide bonds. The molecule has 0 saturated carbocycles. The molecule has 0 aliphatic carbocycles. The molecule has 0 spiro atoms. The summed E-state index contributed by atoms with van der Waals surface area (Å²) in [4.78, 5) is 0. The SMILES string of the molecule is OCCc1cc(-c2cc(Cl)cc(Cl)c2)no1. The summed E-state index contributed by atoms with van der Waals surface area (Å²) in [5, 5.41) is 13.7. The molecule has 0 aliphatic heterocycles. The van der Waals surface area contributed by atoms with Crippen molar-refractivity contribution in [3.8, 4) is 11.3 Å². The summed E-state index contributed by atoms with van der Waals surface area (Å²) in [5.41, 5.74) is 1.46. The maximum atomic E-state index is 8.76. The molecule has 1 N–H and O–H groups in total. The van der Waals surface area contributed by atoms with E-state index in [4.69, 9.17) is 32.8 Å². The maximum Gasteiger partial charge on any atom is 0.139 e. The number of aliphatic hydroxyl groups is 1. The molecule has 5 heteroatoms. The van der Waals surface area contributed by atoms with Gasteiger partial charge in [0, 0.05) is 28.1 Å². The smallest absolute Gasteiger partial charge is 0.139 e. The molecule has 0 unspecified atom stereocenters. The predicted octanol–water partition coefficient (Wildman–Crippen LogP) is 3.18. The largest absolute Gasteiger partial charge is 0.396 e. The zero-order valence-corrected chi connectivity index (χ0v) is 9.79. The molecule has 1 heterocycles. The number of nitrogens with zero attached hydrogens (tertiary/aromatic N) is 1. The van der Waals surface area contributed by atoms with Crippen molar-refractivity contribution in [2.24, 2.45) is 0 Å². The van der Waals surface area contributed by atoms with Crippen molar-refractivity contribution in [3.63, 3.8) is 0 Å². The van der Waals surface area contributed by atoms with Crippen LogP contribution in [0, 0.1) is 0 Å². The lowest BCUT2D eigenvalue weighted by Gasteiger charge is -1.97. The molecule has 2 rings (SSSR count). The minimum Gasteiger partial charge on any atom is -0.396 e. The number of aromatic nitrogens is 1. The van der Waals surface area contributed by atoms with Crippen LogP contribution < -0.4 is 0 Å². The van der Waals surface area contributed by atoms with Crippen LogP contribution in [0.1, 0.15) is 5.76 Å². The van der Waals surface area contributed by atoms with Crippen molar-refractivity contribution in [2.75, 3.05) is 6.61 Å². The van der Waals surface area contributed by atoms with Crippen molar-refractivity contribution >= 4 is 23.2 Å². The Morgan fingerprint density at radius 2 is 1.81 bits per heavy atom. The summed E-state index contributed by atoms with van der Waals surface area (Å²) in [7, 11) is 0. The number of hydrogen-bond donors (Lipinski definition) is 1. The highest BCUT2D eigenvalue weighted by Gasteiger charge is 2.07. The number of rotatable bonds is 3. The van der Waals surface area contributed by atoms with Gasteiger partial charge in [0.15, 0.2) is 0 Å². The van der Waals surface area contributed by atoms with Gasteiger partial charge in [-0.05, 0) is 18.2 Å². The van der Waals surface area contributed by atoms with E-state index < -0.39 is 0 Å². The van der Waals surface area contributed by atoms with Gasteiger partial charge in [-0.2, -0.15) is 0 Å². The first-order chi connectivity index (χ1) is 7.69. The third-order valence-electron chi connectivity index (χ3n) is 2.08. The molecule has 0 aliphatic rings. The number of benzene rings is 1. The first-order valence-electron chi connectivity index (χ1n) is 4.72. The van der Waals surface area contributed by atoms with E-state index in [0.29, 0.717) is 27.9 Å². The summed E-state index contributed by atoms with van der Waals surface area (Å²) < 4.78 is 5.04. The van der Waals surface area contributed by atoms with Crippen LogP contribution in [0.2, 0.25) is 10.0 Å². The summed E-state index contributed by atoms with van der Waals surface area (Å²) in [6, 6.07) is 6.93. The van der Waals surface area contributed by atoms with E-state index in [0.717, 1.165) is 5.56 Å². The molecule has 0 saturated heterocycles. The van der Waals surface area contributed by atoms with Crippen molar-refractivity contribution in [1.82, 2.24) is 5.16 Å². The van der Waals surface area contributed by atoms with Gasteiger partial charge in [-0.25, -0.2) is 0 Å². The summed E-state index contributed by atoms with van der Waals surface area (Å²) in [6.45, 7) is 0.0327. The van der Waals surface area contributed by atoms with Crippen LogP contribution in [0.5, 0.6) is 0 Å². The third-order valence-corrected chi connectivity index (χ3v) is 2.51. The van der Waals surface area contributed by atoms with Crippen molar-refractivity contribution < 1.29 is 9.63 Å². The average Bonchev–Trinajstić information content (AvgIpc) is 2.65. The van der Waals surface area contributed by atoms with Crippen LogP contribution in [0.4, 0.5) is 0 Å². The van der Waals surface area contributed by atoms with Crippen molar-refractivity contribution in [1.29, 1.82) is 0 Å². The zero-order chi connectivity index (χ0) is 11.5. The second-order valence-electron chi connectivity index (χ2n) is 3.31. The predicted molar refractivity (Wildman–Crippen MR) is 62.7 cm³/mol. The lowest BCUT2D eigenvalue weighted by atomic mass is 10.1. The minimum absolute atomic E-state index is 0.0327. The molecule has 16 heavy (non-hydrogen) atoms. The van der Waals surface area contributed by atoms with E-state index in [1.54, 1.807) is 24.3 Å². The molecule has 0 radical (unpaired) electrons. The van der Waals surface area contributed by atoms with E-state index in [9.17, 15) is 0 Å². The van der Waals surface area contributed by atoms with E-state index >= 15 is 0 Å².